The lowest BCUT2D eigenvalue weighted by Gasteiger charge is -2.34. The Kier molecular flexibility index (Phi) is 5.58. The normalized spacial score (nSPS) is 16.2. The second-order valence-electron chi connectivity index (χ2n) is 5.83. The zero-order valence-corrected chi connectivity index (χ0v) is 14.1. The number of hydrogen-bond donors (Lipinski definition) is 1. The number of piperidine rings is 1. The van der Waals surface area contributed by atoms with Crippen molar-refractivity contribution in [3.05, 3.63) is 32.8 Å². The Morgan fingerprint density at radius 2 is 2.10 bits per heavy atom. The zero-order chi connectivity index (χ0) is 15.4. The highest BCUT2D eigenvalue weighted by molar-refractivity contribution is 9.10. The summed E-state index contributed by atoms with van der Waals surface area (Å²) in [5.74, 6) is 0.590. The minimum absolute atomic E-state index is 0.181. The van der Waals surface area contributed by atoms with E-state index in [9.17, 15) is 10.1 Å². The Morgan fingerprint density at radius 3 is 2.67 bits per heavy atom. The van der Waals surface area contributed by atoms with Crippen LogP contribution in [0.4, 0.5) is 11.4 Å². The Labute approximate surface area is 134 Å². The minimum Gasteiger partial charge on any atom is -0.363 e. The van der Waals surface area contributed by atoms with Crippen molar-refractivity contribution in [3.8, 4) is 0 Å². The van der Waals surface area contributed by atoms with E-state index in [1.807, 2.05) is 6.07 Å². The van der Waals surface area contributed by atoms with Gasteiger partial charge < -0.3 is 10.2 Å². The Morgan fingerprint density at radius 1 is 1.43 bits per heavy atom. The van der Waals surface area contributed by atoms with Gasteiger partial charge in [0.15, 0.2) is 0 Å². The van der Waals surface area contributed by atoms with Crippen LogP contribution in [0.3, 0.4) is 0 Å². The second kappa shape index (κ2) is 7.22. The maximum Gasteiger partial charge on any atom is 0.292 e. The first-order valence-electron chi connectivity index (χ1n) is 7.40. The van der Waals surface area contributed by atoms with Crippen LogP contribution < -0.4 is 10.2 Å². The summed E-state index contributed by atoms with van der Waals surface area (Å²) in [6.07, 6.45) is 2.26. The predicted molar refractivity (Wildman–Crippen MR) is 88.9 cm³/mol. The molecule has 21 heavy (non-hydrogen) atoms. The molecule has 0 spiro atoms. The van der Waals surface area contributed by atoms with E-state index in [0.29, 0.717) is 11.6 Å². The summed E-state index contributed by atoms with van der Waals surface area (Å²) in [5, 5.41) is 14.7. The fourth-order valence-corrected chi connectivity index (χ4v) is 3.16. The van der Waals surface area contributed by atoms with Gasteiger partial charge in [0.25, 0.3) is 5.69 Å². The van der Waals surface area contributed by atoms with Crippen LogP contribution in [0, 0.1) is 16.0 Å². The number of anilines is 1. The highest BCUT2D eigenvalue weighted by atomic mass is 79.9. The molecule has 5 nitrogen and oxygen atoms in total. The van der Waals surface area contributed by atoms with Gasteiger partial charge >= 0.3 is 0 Å². The number of rotatable bonds is 5. The van der Waals surface area contributed by atoms with Crippen molar-refractivity contribution in [1.29, 1.82) is 0 Å². The van der Waals surface area contributed by atoms with E-state index >= 15 is 0 Å². The molecule has 2 rings (SSSR count). The largest absolute Gasteiger partial charge is 0.363 e. The molecule has 1 aliphatic heterocycles. The summed E-state index contributed by atoms with van der Waals surface area (Å²) >= 11 is 3.43. The van der Waals surface area contributed by atoms with Crippen LogP contribution >= 0.6 is 15.9 Å². The van der Waals surface area contributed by atoms with Crippen LogP contribution in [0.25, 0.3) is 0 Å². The third kappa shape index (κ3) is 4.17. The van der Waals surface area contributed by atoms with Crippen molar-refractivity contribution in [2.75, 3.05) is 24.5 Å². The van der Waals surface area contributed by atoms with Crippen molar-refractivity contribution in [2.45, 2.75) is 32.7 Å². The van der Waals surface area contributed by atoms with E-state index in [4.69, 9.17) is 0 Å². The van der Waals surface area contributed by atoms with E-state index in [-0.39, 0.29) is 16.7 Å². The fraction of sp³-hybridized carbons (Fsp3) is 0.600. The van der Waals surface area contributed by atoms with Crippen LogP contribution in [0.1, 0.15) is 26.7 Å². The average Bonchev–Trinajstić information content (AvgIpc) is 2.45. The summed E-state index contributed by atoms with van der Waals surface area (Å²) in [4.78, 5) is 13.2. The summed E-state index contributed by atoms with van der Waals surface area (Å²) in [7, 11) is 0. The van der Waals surface area contributed by atoms with Crippen molar-refractivity contribution in [1.82, 2.24) is 5.32 Å². The van der Waals surface area contributed by atoms with E-state index in [1.165, 1.54) is 0 Å². The lowest BCUT2D eigenvalue weighted by atomic mass is 9.96. The number of nitro groups is 1. The summed E-state index contributed by atoms with van der Waals surface area (Å²) in [6.45, 7) is 7.13. The van der Waals surface area contributed by atoms with Gasteiger partial charge in [-0.15, -0.1) is 0 Å². The Hall–Kier alpha value is -1.14. The highest BCUT2D eigenvalue weighted by Gasteiger charge is 2.25. The molecule has 1 aromatic carbocycles. The molecular formula is C15H22BrN3O2. The molecule has 0 radical (unpaired) electrons. The van der Waals surface area contributed by atoms with Crippen molar-refractivity contribution in [3.63, 3.8) is 0 Å². The number of nitro benzene ring substituents is 1. The molecule has 0 aromatic heterocycles. The number of halogens is 1. The molecule has 0 saturated carbocycles. The minimum atomic E-state index is -0.292. The Bertz CT molecular complexity index is 502. The molecule has 1 aromatic rings. The van der Waals surface area contributed by atoms with E-state index in [2.05, 4.69) is 40.0 Å². The smallest absolute Gasteiger partial charge is 0.292 e. The average molecular weight is 356 g/mol. The number of benzene rings is 1. The van der Waals surface area contributed by atoms with Gasteiger partial charge in [-0.05, 0) is 57.8 Å². The van der Waals surface area contributed by atoms with Crippen LogP contribution in [0.2, 0.25) is 0 Å². The van der Waals surface area contributed by atoms with E-state index in [1.54, 1.807) is 12.1 Å². The van der Waals surface area contributed by atoms with E-state index < -0.39 is 0 Å². The van der Waals surface area contributed by atoms with Gasteiger partial charge in [0.2, 0.25) is 0 Å². The number of nitrogens with one attached hydrogen (secondary N) is 1. The summed E-state index contributed by atoms with van der Waals surface area (Å²) in [6, 6.07) is 5.40. The van der Waals surface area contributed by atoms with Gasteiger partial charge in [-0.1, -0.05) is 15.9 Å². The second-order valence-corrected chi connectivity index (χ2v) is 6.75. The third-order valence-corrected chi connectivity index (χ3v) is 4.47. The molecule has 1 aliphatic rings. The standard InChI is InChI=1S/C15H22BrN3O2/c1-11(2)18(10-12-5-7-17-8-6-12)15-9-13(16)3-4-14(15)19(20)21/h3-4,9,11-12,17H,5-8,10H2,1-2H3. The lowest BCUT2D eigenvalue weighted by Crippen LogP contribution is -2.39. The molecule has 116 valence electrons. The molecule has 1 heterocycles. The van der Waals surface area contributed by atoms with Crippen LogP contribution in [-0.2, 0) is 0 Å². The SMILES string of the molecule is CC(C)N(CC1CCNCC1)c1cc(Br)ccc1[N+](=O)[O-]. The maximum atomic E-state index is 11.3. The van der Waals surface area contributed by atoms with Gasteiger partial charge in [-0.3, -0.25) is 10.1 Å². The predicted octanol–water partition coefficient (Wildman–Crippen LogP) is 3.57. The number of hydrogen-bond acceptors (Lipinski definition) is 4. The molecule has 0 unspecified atom stereocenters. The van der Waals surface area contributed by atoms with Crippen LogP contribution in [-0.4, -0.2) is 30.6 Å². The zero-order valence-electron chi connectivity index (χ0n) is 12.5. The van der Waals surface area contributed by atoms with Crippen LogP contribution in [0.5, 0.6) is 0 Å². The molecule has 1 saturated heterocycles. The van der Waals surface area contributed by atoms with Crippen molar-refractivity contribution < 1.29 is 4.92 Å². The monoisotopic (exact) mass is 355 g/mol. The summed E-state index contributed by atoms with van der Waals surface area (Å²) in [5.41, 5.74) is 0.892. The topological polar surface area (TPSA) is 58.4 Å². The first-order chi connectivity index (χ1) is 9.99. The van der Waals surface area contributed by atoms with E-state index in [0.717, 1.165) is 36.9 Å². The number of nitrogens with zero attached hydrogens (tertiary/aromatic N) is 2. The van der Waals surface area contributed by atoms with Gasteiger partial charge in [-0.2, -0.15) is 0 Å². The van der Waals surface area contributed by atoms with Crippen LogP contribution in [0.15, 0.2) is 22.7 Å². The molecular weight excluding hydrogens is 334 g/mol. The molecule has 0 aliphatic carbocycles. The molecule has 1 N–H and O–H groups in total. The molecule has 0 bridgehead atoms. The summed E-state index contributed by atoms with van der Waals surface area (Å²) < 4.78 is 0.874. The molecule has 6 heteroatoms. The maximum absolute atomic E-state index is 11.3. The first-order valence-corrected chi connectivity index (χ1v) is 8.19. The first kappa shape index (κ1) is 16.2. The molecule has 0 amide bonds. The lowest BCUT2D eigenvalue weighted by molar-refractivity contribution is -0.384. The van der Waals surface area contributed by atoms with Gasteiger partial charge in [-0.25, -0.2) is 0 Å². The van der Waals surface area contributed by atoms with Gasteiger partial charge in [0.05, 0.1) is 4.92 Å². The molecule has 1 fully saturated rings. The fourth-order valence-electron chi connectivity index (χ4n) is 2.81. The van der Waals surface area contributed by atoms with Crippen molar-refractivity contribution >= 4 is 27.3 Å². The molecule has 0 atom stereocenters. The Balaban J connectivity index is 2.28. The van der Waals surface area contributed by atoms with Gasteiger partial charge in [0, 0.05) is 23.1 Å². The third-order valence-electron chi connectivity index (χ3n) is 3.98. The quantitative estimate of drug-likeness (QED) is 0.647. The van der Waals surface area contributed by atoms with Crippen molar-refractivity contribution in [2.24, 2.45) is 5.92 Å². The van der Waals surface area contributed by atoms with Gasteiger partial charge in [0.1, 0.15) is 5.69 Å². The highest BCUT2D eigenvalue weighted by Crippen LogP contribution is 2.33.